The van der Waals surface area contributed by atoms with Gasteiger partial charge in [-0.15, -0.1) is 0 Å². The van der Waals surface area contributed by atoms with Crippen LogP contribution in [0.1, 0.15) is 70.2 Å². The molecule has 252 valence electrons. The van der Waals surface area contributed by atoms with Crippen molar-refractivity contribution in [1.82, 2.24) is 0 Å². The summed E-state index contributed by atoms with van der Waals surface area (Å²) in [6.07, 6.45) is 9.66. The van der Waals surface area contributed by atoms with E-state index in [0.29, 0.717) is 0 Å². The molecule has 0 spiro atoms. The average molecular weight is 670 g/mol. The number of fused-ring (bicyclic) bond motifs is 5. The lowest BCUT2D eigenvalue weighted by atomic mass is 9.67. The summed E-state index contributed by atoms with van der Waals surface area (Å²) in [6.45, 7) is 0. The minimum atomic E-state index is -0.476. The number of nitrogens with zero attached hydrogens (tertiary/aromatic N) is 1. The highest BCUT2D eigenvalue weighted by Crippen LogP contribution is 2.59. The zero-order chi connectivity index (χ0) is 34.5. The van der Waals surface area contributed by atoms with Gasteiger partial charge in [0, 0.05) is 16.9 Å². The topological polar surface area (TPSA) is 3.24 Å². The van der Waals surface area contributed by atoms with E-state index in [4.69, 9.17) is 0 Å². The Kier molecular flexibility index (Phi) is 7.68. The first-order valence-corrected chi connectivity index (χ1v) is 19.3. The molecule has 0 amide bonds. The Labute approximate surface area is 308 Å². The lowest BCUT2D eigenvalue weighted by Gasteiger charge is -2.36. The van der Waals surface area contributed by atoms with Gasteiger partial charge in [0.1, 0.15) is 0 Å². The summed E-state index contributed by atoms with van der Waals surface area (Å²) in [4.78, 5) is 2.57. The van der Waals surface area contributed by atoms with E-state index in [0.717, 1.165) is 19.3 Å². The third-order valence-corrected chi connectivity index (χ3v) is 12.1. The van der Waals surface area contributed by atoms with Crippen LogP contribution in [0.25, 0.3) is 22.3 Å². The maximum Gasteiger partial charge on any atom is 0.0714 e. The fourth-order valence-corrected chi connectivity index (χ4v) is 9.77. The van der Waals surface area contributed by atoms with Crippen molar-refractivity contribution < 1.29 is 0 Å². The van der Waals surface area contributed by atoms with Gasteiger partial charge >= 0.3 is 0 Å². The van der Waals surface area contributed by atoms with E-state index in [9.17, 15) is 0 Å². The van der Waals surface area contributed by atoms with Crippen LogP contribution in [0.4, 0.5) is 17.1 Å². The lowest BCUT2D eigenvalue weighted by Crippen LogP contribution is -2.28. The van der Waals surface area contributed by atoms with Crippen LogP contribution >= 0.6 is 0 Å². The molecule has 0 fully saturated rings. The molecule has 0 aliphatic heterocycles. The zero-order valence-corrected chi connectivity index (χ0v) is 29.7. The van der Waals surface area contributed by atoms with Gasteiger partial charge in [-0.1, -0.05) is 127 Å². The van der Waals surface area contributed by atoms with Crippen molar-refractivity contribution in [3.05, 3.63) is 208 Å². The van der Waals surface area contributed by atoms with Crippen LogP contribution in [-0.2, 0) is 31.1 Å². The highest BCUT2D eigenvalue weighted by Gasteiger charge is 2.47. The van der Waals surface area contributed by atoms with Crippen molar-refractivity contribution in [3.8, 4) is 22.3 Å². The summed E-state index contributed by atoms with van der Waals surface area (Å²) in [5.41, 5.74) is 19.8. The molecule has 1 nitrogen and oxygen atoms in total. The van der Waals surface area contributed by atoms with Gasteiger partial charge in [0.05, 0.1) is 11.1 Å². The van der Waals surface area contributed by atoms with Gasteiger partial charge < -0.3 is 4.90 Å². The molecule has 0 atom stereocenters. The van der Waals surface area contributed by atoms with Gasteiger partial charge in [-0.05, 0) is 149 Å². The molecule has 0 aromatic heterocycles. The second kappa shape index (κ2) is 12.8. The first-order chi connectivity index (χ1) is 25.8. The number of hydrogen-bond acceptors (Lipinski definition) is 1. The SMILES string of the molecule is c1ccc(N(c2ccc3c(c2)CCCC3)c2cc3c(cc2-c2cccc4c2CCCC4)-c2ccccc2C3(c2ccccc2)c2ccccc2)cc1. The highest BCUT2D eigenvalue weighted by atomic mass is 15.1. The van der Waals surface area contributed by atoms with Gasteiger partial charge in [0.15, 0.2) is 0 Å². The molecular weight excluding hydrogens is 627 g/mol. The second-order valence-corrected chi connectivity index (χ2v) is 14.9. The Balaban J connectivity index is 1.34. The van der Waals surface area contributed by atoms with E-state index in [1.807, 2.05) is 0 Å². The van der Waals surface area contributed by atoms with E-state index >= 15 is 0 Å². The van der Waals surface area contributed by atoms with Gasteiger partial charge in [0.25, 0.3) is 0 Å². The quantitative estimate of drug-likeness (QED) is 0.170. The summed E-state index contributed by atoms with van der Waals surface area (Å²) in [5, 5.41) is 0. The summed E-state index contributed by atoms with van der Waals surface area (Å²) in [7, 11) is 0. The average Bonchev–Trinajstić information content (AvgIpc) is 3.51. The molecule has 0 unspecified atom stereocenters. The van der Waals surface area contributed by atoms with Crippen LogP contribution in [-0.4, -0.2) is 0 Å². The van der Waals surface area contributed by atoms with Gasteiger partial charge in [-0.2, -0.15) is 0 Å². The third kappa shape index (κ3) is 4.90. The number of aryl methyl sites for hydroxylation is 3. The normalized spacial score (nSPS) is 15.2. The molecule has 7 aromatic carbocycles. The maximum atomic E-state index is 2.58. The molecular formula is C51H43N. The number of hydrogen-bond donors (Lipinski definition) is 0. The number of benzene rings is 7. The van der Waals surface area contributed by atoms with Crippen LogP contribution in [0.2, 0.25) is 0 Å². The zero-order valence-electron chi connectivity index (χ0n) is 29.7. The Bertz CT molecular complexity index is 2370. The maximum absolute atomic E-state index is 2.58. The van der Waals surface area contributed by atoms with Gasteiger partial charge in [-0.25, -0.2) is 0 Å². The molecule has 3 aliphatic carbocycles. The summed E-state index contributed by atoms with van der Waals surface area (Å²) < 4.78 is 0. The van der Waals surface area contributed by atoms with Gasteiger partial charge in [0.2, 0.25) is 0 Å². The largest absolute Gasteiger partial charge is 0.310 e. The number of anilines is 3. The first kappa shape index (κ1) is 31.1. The molecule has 1 heteroatoms. The van der Waals surface area contributed by atoms with E-state index in [1.54, 1.807) is 0 Å². The second-order valence-electron chi connectivity index (χ2n) is 14.9. The molecule has 0 N–H and O–H groups in total. The van der Waals surface area contributed by atoms with E-state index in [-0.39, 0.29) is 0 Å². The number of rotatable bonds is 6. The predicted molar refractivity (Wildman–Crippen MR) is 217 cm³/mol. The smallest absolute Gasteiger partial charge is 0.0714 e. The van der Waals surface area contributed by atoms with Crippen molar-refractivity contribution in [2.45, 2.75) is 56.8 Å². The highest BCUT2D eigenvalue weighted by molar-refractivity contribution is 5.97. The molecule has 7 aromatic rings. The summed E-state index contributed by atoms with van der Waals surface area (Å²) in [5.74, 6) is 0. The summed E-state index contributed by atoms with van der Waals surface area (Å²) in [6, 6.07) is 62.2. The molecule has 0 saturated heterocycles. The fraction of sp³-hybridized carbons (Fsp3) is 0.176. The minimum absolute atomic E-state index is 0.476. The van der Waals surface area contributed by atoms with Crippen LogP contribution in [0, 0.1) is 0 Å². The molecule has 0 bridgehead atoms. The Hall–Kier alpha value is -5.66. The minimum Gasteiger partial charge on any atom is -0.310 e. The number of para-hydroxylation sites is 1. The standard InChI is InChI=1S/C51H43N/c1-4-21-39(22-5-1)51(40-23-6-2-7-24-40)48-30-15-14-28-45(48)46-34-47(44-29-16-20-37-18-12-13-27-43(37)44)50(35-49(46)51)52(41-25-8-3-9-26-41)42-32-31-36-17-10-11-19-38(36)33-42/h1-9,14-16,20-26,28-35H,10-13,17-19,27H2. The summed E-state index contributed by atoms with van der Waals surface area (Å²) >= 11 is 0. The fourth-order valence-electron chi connectivity index (χ4n) is 9.77. The molecule has 52 heavy (non-hydrogen) atoms. The van der Waals surface area contributed by atoms with Crippen molar-refractivity contribution in [1.29, 1.82) is 0 Å². The van der Waals surface area contributed by atoms with Crippen LogP contribution in [0.15, 0.2) is 164 Å². The van der Waals surface area contributed by atoms with Crippen molar-refractivity contribution in [2.24, 2.45) is 0 Å². The predicted octanol–water partition coefficient (Wildman–Crippen LogP) is 12.9. The van der Waals surface area contributed by atoms with Crippen LogP contribution in [0.5, 0.6) is 0 Å². The van der Waals surface area contributed by atoms with E-state index < -0.39 is 5.41 Å². The first-order valence-electron chi connectivity index (χ1n) is 19.3. The van der Waals surface area contributed by atoms with Crippen LogP contribution < -0.4 is 4.90 Å². The molecule has 0 heterocycles. The Morgan fingerprint density at radius 1 is 0.365 bits per heavy atom. The third-order valence-electron chi connectivity index (χ3n) is 12.1. The van der Waals surface area contributed by atoms with Gasteiger partial charge in [-0.3, -0.25) is 0 Å². The van der Waals surface area contributed by atoms with Crippen LogP contribution in [0.3, 0.4) is 0 Å². The Morgan fingerprint density at radius 2 is 0.981 bits per heavy atom. The van der Waals surface area contributed by atoms with Crippen molar-refractivity contribution >= 4 is 17.1 Å². The lowest BCUT2D eigenvalue weighted by molar-refractivity contribution is 0.685. The Morgan fingerprint density at radius 3 is 1.73 bits per heavy atom. The molecule has 10 rings (SSSR count). The molecule has 0 radical (unpaired) electrons. The van der Waals surface area contributed by atoms with E-state index in [1.165, 1.54) is 116 Å². The van der Waals surface area contributed by atoms with Crippen molar-refractivity contribution in [2.75, 3.05) is 4.90 Å². The molecule has 3 aliphatic rings. The molecule has 0 saturated carbocycles. The van der Waals surface area contributed by atoms with Crippen molar-refractivity contribution in [3.63, 3.8) is 0 Å². The van der Waals surface area contributed by atoms with E-state index in [2.05, 4.69) is 169 Å². The monoisotopic (exact) mass is 669 g/mol.